The number of nitrogens with one attached hydrogen (secondary N) is 1. The van der Waals surface area contributed by atoms with E-state index in [-0.39, 0.29) is 24.3 Å². The van der Waals surface area contributed by atoms with Gasteiger partial charge in [0.2, 0.25) is 5.91 Å². The predicted molar refractivity (Wildman–Crippen MR) is 96.4 cm³/mol. The van der Waals surface area contributed by atoms with Crippen LogP contribution in [0.1, 0.15) is 28.5 Å². The largest absolute Gasteiger partial charge is 0.359 e. The molecule has 0 saturated heterocycles. The molecule has 1 aromatic carbocycles. The monoisotopic (exact) mass is 349 g/mol. The fourth-order valence-electron chi connectivity index (χ4n) is 3.40. The minimum absolute atomic E-state index is 0.0508. The van der Waals surface area contributed by atoms with Crippen LogP contribution in [-0.4, -0.2) is 45.1 Å². The van der Waals surface area contributed by atoms with Crippen LogP contribution in [-0.2, 0) is 11.3 Å². The van der Waals surface area contributed by atoms with Crippen LogP contribution < -0.4 is 5.32 Å². The van der Waals surface area contributed by atoms with E-state index in [4.69, 9.17) is 0 Å². The number of pyridine rings is 1. The van der Waals surface area contributed by atoms with E-state index < -0.39 is 0 Å². The summed E-state index contributed by atoms with van der Waals surface area (Å²) in [4.78, 5) is 31.0. The standard InChI is InChI=1S/C19H19N5O2/c1-20-18(25)10-16-12-23(11-15-6-8-22-24(15)16)19(26)14-4-5-17-13(9-14)3-2-7-21-17/h2-9,16H,10-12H2,1H3,(H,20,25). The van der Waals surface area contributed by atoms with E-state index in [0.29, 0.717) is 18.7 Å². The molecule has 3 aromatic rings. The van der Waals surface area contributed by atoms with E-state index in [1.165, 1.54) is 0 Å². The van der Waals surface area contributed by atoms with Crippen LogP contribution in [0.25, 0.3) is 10.9 Å². The van der Waals surface area contributed by atoms with Crippen molar-refractivity contribution < 1.29 is 9.59 Å². The van der Waals surface area contributed by atoms with Gasteiger partial charge in [-0.1, -0.05) is 6.07 Å². The topological polar surface area (TPSA) is 80.1 Å². The Hall–Kier alpha value is -3.22. The molecule has 1 atom stereocenters. The van der Waals surface area contributed by atoms with Gasteiger partial charge in [0.15, 0.2) is 0 Å². The summed E-state index contributed by atoms with van der Waals surface area (Å²) in [6.45, 7) is 0.931. The number of hydrogen-bond acceptors (Lipinski definition) is 4. The lowest BCUT2D eigenvalue weighted by molar-refractivity contribution is -0.121. The van der Waals surface area contributed by atoms with Crippen molar-refractivity contribution in [3.8, 4) is 0 Å². The molecule has 7 nitrogen and oxygen atoms in total. The highest BCUT2D eigenvalue weighted by atomic mass is 16.2. The number of aromatic nitrogens is 3. The number of carbonyl (C=O) groups excluding carboxylic acids is 2. The van der Waals surface area contributed by atoms with Crippen LogP contribution in [0.3, 0.4) is 0 Å². The lowest BCUT2D eigenvalue weighted by atomic mass is 10.1. The van der Waals surface area contributed by atoms with Gasteiger partial charge in [0.1, 0.15) is 0 Å². The highest BCUT2D eigenvalue weighted by Crippen LogP contribution is 2.25. The molecule has 0 saturated carbocycles. The number of nitrogens with zero attached hydrogens (tertiary/aromatic N) is 4. The van der Waals surface area contributed by atoms with Crippen LogP contribution >= 0.6 is 0 Å². The lowest BCUT2D eigenvalue weighted by Gasteiger charge is -2.33. The second-order valence-corrected chi connectivity index (χ2v) is 6.39. The van der Waals surface area contributed by atoms with E-state index in [1.807, 2.05) is 35.0 Å². The summed E-state index contributed by atoms with van der Waals surface area (Å²) in [6, 6.07) is 11.1. The maximum atomic E-state index is 13.1. The van der Waals surface area contributed by atoms with Gasteiger partial charge < -0.3 is 10.2 Å². The van der Waals surface area contributed by atoms with Gasteiger partial charge in [0, 0.05) is 36.9 Å². The number of amides is 2. The molecule has 132 valence electrons. The van der Waals surface area contributed by atoms with E-state index in [9.17, 15) is 9.59 Å². The summed E-state index contributed by atoms with van der Waals surface area (Å²) in [7, 11) is 1.61. The highest BCUT2D eigenvalue weighted by molar-refractivity contribution is 5.98. The van der Waals surface area contributed by atoms with Gasteiger partial charge in [-0.25, -0.2) is 0 Å². The third kappa shape index (κ3) is 2.92. The van der Waals surface area contributed by atoms with E-state index in [0.717, 1.165) is 16.6 Å². The van der Waals surface area contributed by atoms with Gasteiger partial charge >= 0.3 is 0 Å². The molecule has 1 aliphatic heterocycles. The summed E-state index contributed by atoms with van der Waals surface area (Å²) in [5, 5.41) is 7.90. The molecular weight excluding hydrogens is 330 g/mol. The molecule has 4 rings (SSSR count). The molecule has 7 heteroatoms. The smallest absolute Gasteiger partial charge is 0.254 e. The van der Waals surface area contributed by atoms with Crippen LogP contribution in [0, 0.1) is 0 Å². The zero-order chi connectivity index (χ0) is 18.1. The Kier molecular flexibility index (Phi) is 4.12. The van der Waals surface area contributed by atoms with Crippen molar-refractivity contribution in [3.63, 3.8) is 0 Å². The van der Waals surface area contributed by atoms with Gasteiger partial charge in [-0.05, 0) is 30.3 Å². The Morgan fingerprint density at radius 3 is 2.96 bits per heavy atom. The number of rotatable bonds is 3. The quantitative estimate of drug-likeness (QED) is 0.781. The van der Waals surface area contributed by atoms with Gasteiger partial charge in [0.25, 0.3) is 5.91 Å². The highest BCUT2D eigenvalue weighted by Gasteiger charge is 2.30. The first-order valence-electron chi connectivity index (χ1n) is 8.53. The second-order valence-electron chi connectivity index (χ2n) is 6.39. The molecule has 1 N–H and O–H groups in total. The Balaban J connectivity index is 1.62. The fraction of sp³-hybridized carbons (Fsp3) is 0.263. The van der Waals surface area contributed by atoms with Crippen molar-refractivity contribution in [2.24, 2.45) is 0 Å². The molecule has 2 aromatic heterocycles. The molecule has 1 unspecified atom stereocenters. The van der Waals surface area contributed by atoms with Crippen molar-refractivity contribution in [2.75, 3.05) is 13.6 Å². The third-order valence-corrected chi connectivity index (χ3v) is 4.72. The Morgan fingerprint density at radius 2 is 2.12 bits per heavy atom. The number of hydrogen-bond donors (Lipinski definition) is 1. The summed E-state index contributed by atoms with van der Waals surface area (Å²) in [5.74, 6) is -0.118. The molecule has 3 heterocycles. The van der Waals surface area contributed by atoms with Crippen LogP contribution in [0.15, 0.2) is 48.8 Å². The number of fused-ring (bicyclic) bond motifs is 2. The number of benzene rings is 1. The molecule has 0 radical (unpaired) electrons. The Morgan fingerprint density at radius 1 is 1.23 bits per heavy atom. The van der Waals surface area contributed by atoms with Crippen LogP contribution in [0.5, 0.6) is 0 Å². The zero-order valence-electron chi connectivity index (χ0n) is 14.4. The molecule has 1 aliphatic rings. The maximum Gasteiger partial charge on any atom is 0.254 e. The predicted octanol–water partition coefficient (Wildman–Crippen LogP) is 1.76. The minimum atomic E-state index is -0.167. The van der Waals surface area contributed by atoms with Crippen LogP contribution in [0.4, 0.5) is 0 Å². The summed E-state index contributed by atoms with van der Waals surface area (Å²) in [6.07, 6.45) is 3.73. The molecule has 0 bridgehead atoms. The Labute approximate surface area is 150 Å². The Bertz CT molecular complexity index is 981. The molecule has 2 amide bonds. The lowest BCUT2D eigenvalue weighted by Crippen LogP contribution is -2.42. The van der Waals surface area contributed by atoms with Crippen molar-refractivity contribution in [1.82, 2.24) is 25.0 Å². The van der Waals surface area contributed by atoms with Crippen molar-refractivity contribution in [2.45, 2.75) is 19.0 Å². The fourth-order valence-corrected chi connectivity index (χ4v) is 3.40. The van der Waals surface area contributed by atoms with Crippen LogP contribution in [0.2, 0.25) is 0 Å². The third-order valence-electron chi connectivity index (χ3n) is 4.72. The molecule has 0 spiro atoms. The number of carbonyl (C=O) groups is 2. The van der Waals surface area contributed by atoms with E-state index >= 15 is 0 Å². The first kappa shape index (κ1) is 16.3. The maximum absolute atomic E-state index is 13.1. The average Bonchev–Trinajstić information content (AvgIpc) is 3.15. The summed E-state index contributed by atoms with van der Waals surface area (Å²) < 4.78 is 1.85. The minimum Gasteiger partial charge on any atom is -0.359 e. The molecule has 26 heavy (non-hydrogen) atoms. The van der Waals surface area contributed by atoms with E-state index in [1.54, 1.807) is 30.4 Å². The van der Waals surface area contributed by atoms with Gasteiger partial charge in [-0.15, -0.1) is 0 Å². The SMILES string of the molecule is CNC(=O)CC1CN(C(=O)c2ccc3ncccc3c2)Cc2ccnn21. The first-order chi connectivity index (χ1) is 12.7. The zero-order valence-corrected chi connectivity index (χ0v) is 14.4. The normalized spacial score (nSPS) is 16.3. The van der Waals surface area contributed by atoms with E-state index in [2.05, 4.69) is 15.4 Å². The second kappa shape index (κ2) is 6.59. The van der Waals surface area contributed by atoms with Crippen molar-refractivity contribution >= 4 is 22.7 Å². The summed E-state index contributed by atoms with van der Waals surface area (Å²) >= 11 is 0. The summed E-state index contributed by atoms with van der Waals surface area (Å²) in [5.41, 5.74) is 2.41. The van der Waals surface area contributed by atoms with Crippen molar-refractivity contribution in [3.05, 3.63) is 60.0 Å². The molecular formula is C19H19N5O2. The average molecular weight is 349 g/mol. The first-order valence-corrected chi connectivity index (χ1v) is 8.53. The molecule has 0 fully saturated rings. The van der Waals surface area contributed by atoms with Gasteiger partial charge in [-0.2, -0.15) is 5.10 Å². The molecule has 0 aliphatic carbocycles. The van der Waals surface area contributed by atoms with Gasteiger partial charge in [-0.3, -0.25) is 19.3 Å². The van der Waals surface area contributed by atoms with Gasteiger partial charge in [0.05, 0.1) is 30.2 Å². The van der Waals surface area contributed by atoms with Crippen molar-refractivity contribution in [1.29, 1.82) is 0 Å².